The molecule has 5 rings (SSSR count). The van der Waals surface area contributed by atoms with Crippen molar-refractivity contribution >= 4 is 64.7 Å². The summed E-state index contributed by atoms with van der Waals surface area (Å²) in [5.41, 5.74) is 2.26. The maximum absolute atomic E-state index is 13.5. The van der Waals surface area contributed by atoms with Gasteiger partial charge >= 0.3 is 6.03 Å². The molecule has 0 aliphatic carbocycles. The Bertz CT molecular complexity index is 2170. The number of rotatable bonds is 10. The van der Waals surface area contributed by atoms with Crippen molar-refractivity contribution in [1.82, 2.24) is 9.97 Å². The predicted octanol–water partition coefficient (Wildman–Crippen LogP) is 8.62. The highest BCUT2D eigenvalue weighted by Gasteiger charge is 2.26. The second-order valence-corrected chi connectivity index (χ2v) is 20.0. The summed E-state index contributed by atoms with van der Waals surface area (Å²) in [6.45, 7) is 12.9. The quantitative estimate of drug-likeness (QED) is 0.121. The second kappa shape index (κ2) is 14.2. The summed E-state index contributed by atoms with van der Waals surface area (Å²) in [7, 11) is -2.24. The zero-order valence-electron chi connectivity index (χ0n) is 29.7. The third kappa shape index (κ3) is 8.47. The van der Waals surface area contributed by atoms with Crippen LogP contribution in [0.15, 0.2) is 79.0 Å². The van der Waals surface area contributed by atoms with Gasteiger partial charge in [-0.2, -0.15) is 4.98 Å². The average molecular weight is 716 g/mol. The van der Waals surface area contributed by atoms with Gasteiger partial charge in [-0.05, 0) is 74.0 Å². The molecule has 3 N–H and O–H groups in total. The van der Waals surface area contributed by atoms with Crippen LogP contribution in [0.3, 0.4) is 0 Å². The van der Waals surface area contributed by atoms with Gasteiger partial charge in [0.1, 0.15) is 25.8 Å². The first-order chi connectivity index (χ1) is 23.5. The molecule has 13 heteroatoms. The van der Waals surface area contributed by atoms with Crippen LogP contribution in [0.1, 0.15) is 26.3 Å². The Morgan fingerprint density at radius 3 is 2.12 bits per heavy atom. The minimum atomic E-state index is -2.74. The molecule has 0 radical (unpaired) electrons. The van der Waals surface area contributed by atoms with E-state index in [9.17, 15) is 13.9 Å². The van der Waals surface area contributed by atoms with E-state index >= 15 is 0 Å². The molecule has 50 heavy (non-hydrogen) atoms. The second-order valence-electron chi connectivity index (χ2n) is 13.6. The molecular weight excluding hydrogens is 672 g/mol. The molecule has 0 fully saturated rings. The maximum atomic E-state index is 13.5. The van der Waals surface area contributed by atoms with Crippen LogP contribution in [0.2, 0.25) is 0 Å². The SMILES string of the molecule is COc1cc(Nc2nccc(Oc3ccc(NC(=O)Nc4cc(C(C)(C)C)cc(P(C)(C)=O)c4OC)c4ccccc34)n2)cc(P(C)(C)=O)c1. The van der Waals surface area contributed by atoms with Gasteiger partial charge in [0.05, 0.1) is 30.9 Å². The van der Waals surface area contributed by atoms with E-state index < -0.39 is 20.3 Å². The number of urea groups is 1. The molecule has 0 unspecified atom stereocenters. The van der Waals surface area contributed by atoms with Crippen LogP contribution in [0.5, 0.6) is 23.1 Å². The number of anilines is 4. The topological polar surface area (TPSA) is 141 Å². The number of methoxy groups -OCH3 is 2. The van der Waals surface area contributed by atoms with Crippen molar-refractivity contribution in [3.63, 3.8) is 0 Å². The number of hydrogen-bond donors (Lipinski definition) is 3. The number of nitrogens with one attached hydrogen (secondary N) is 3. The smallest absolute Gasteiger partial charge is 0.323 e. The van der Waals surface area contributed by atoms with Crippen LogP contribution >= 0.6 is 14.3 Å². The minimum absolute atomic E-state index is 0.260. The molecular formula is C37H43N5O6P2. The van der Waals surface area contributed by atoms with Crippen molar-refractivity contribution in [2.45, 2.75) is 26.2 Å². The predicted molar refractivity (Wildman–Crippen MR) is 205 cm³/mol. The van der Waals surface area contributed by atoms with Crippen molar-refractivity contribution in [1.29, 1.82) is 0 Å². The largest absolute Gasteiger partial charge is 0.497 e. The van der Waals surface area contributed by atoms with Crippen molar-refractivity contribution in [2.75, 3.05) is 56.8 Å². The van der Waals surface area contributed by atoms with Gasteiger partial charge in [0, 0.05) is 40.1 Å². The van der Waals surface area contributed by atoms with Gasteiger partial charge < -0.3 is 39.3 Å². The third-order valence-corrected chi connectivity index (χ3v) is 10.9. The number of ether oxygens (including phenoxy) is 3. The zero-order valence-corrected chi connectivity index (χ0v) is 31.5. The summed E-state index contributed by atoms with van der Waals surface area (Å²) < 4.78 is 43.3. The fourth-order valence-corrected chi connectivity index (χ4v) is 7.32. The fraction of sp³-hybridized carbons (Fsp3) is 0.270. The molecule has 11 nitrogen and oxygen atoms in total. The van der Waals surface area contributed by atoms with Gasteiger partial charge in [-0.25, -0.2) is 9.78 Å². The zero-order chi connectivity index (χ0) is 36.4. The normalized spacial score (nSPS) is 11.9. The van der Waals surface area contributed by atoms with Crippen molar-refractivity contribution in [3.8, 4) is 23.1 Å². The van der Waals surface area contributed by atoms with Gasteiger partial charge in [-0.1, -0.05) is 45.0 Å². The average Bonchev–Trinajstić information content (AvgIpc) is 3.04. The molecule has 2 amide bonds. The monoisotopic (exact) mass is 715 g/mol. The van der Waals surface area contributed by atoms with Crippen LogP contribution < -0.4 is 40.8 Å². The number of hydrogen-bond acceptors (Lipinski definition) is 9. The molecule has 0 atom stereocenters. The van der Waals surface area contributed by atoms with E-state index in [1.807, 2.05) is 36.4 Å². The summed E-state index contributed by atoms with van der Waals surface area (Å²) in [4.78, 5) is 22.3. The van der Waals surface area contributed by atoms with Crippen LogP contribution in [-0.2, 0) is 14.5 Å². The molecule has 4 aromatic carbocycles. The lowest BCUT2D eigenvalue weighted by Crippen LogP contribution is -2.23. The number of fused-ring (bicyclic) bond motifs is 1. The van der Waals surface area contributed by atoms with Crippen LogP contribution in [-0.4, -0.2) is 56.9 Å². The number of nitrogens with zero attached hydrogens (tertiary/aromatic N) is 2. The lowest BCUT2D eigenvalue weighted by atomic mass is 9.86. The van der Waals surface area contributed by atoms with Gasteiger partial charge in [0.2, 0.25) is 11.8 Å². The van der Waals surface area contributed by atoms with Gasteiger partial charge in [-0.15, -0.1) is 0 Å². The van der Waals surface area contributed by atoms with E-state index in [0.717, 1.165) is 16.3 Å². The van der Waals surface area contributed by atoms with Gasteiger partial charge in [0.25, 0.3) is 0 Å². The number of carbonyl (C=O) groups excluding carboxylic acids is 1. The Kier molecular flexibility index (Phi) is 10.3. The van der Waals surface area contributed by atoms with Gasteiger partial charge in [-0.3, -0.25) is 0 Å². The van der Waals surface area contributed by atoms with E-state index in [1.165, 1.54) is 7.11 Å². The molecule has 0 aliphatic rings. The Morgan fingerprint density at radius 1 is 0.780 bits per heavy atom. The molecule has 0 spiro atoms. The molecule has 5 aromatic rings. The lowest BCUT2D eigenvalue weighted by Gasteiger charge is -2.25. The first kappa shape index (κ1) is 36.4. The summed E-state index contributed by atoms with van der Waals surface area (Å²) in [6.07, 6.45) is 1.57. The molecule has 1 heterocycles. The Morgan fingerprint density at radius 2 is 1.48 bits per heavy atom. The van der Waals surface area contributed by atoms with Crippen molar-refractivity contribution in [3.05, 3.63) is 84.6 Å². The van der Waals surface area contributed by atoms with E-state index in [0.29, 0.717) is 44.9 Å². The highest BCUT2D eigenvalue weighted by molar-refractivity contribution is 7.70. The Hall–Kier alpha value is -4.85. The maximum Gasteiger partial charge on any atom is 0.323 e. The lowest BCUT2D eigenvalue weighted by molar-refractivity contribution is 0.262. The summed E-state index contributed by atoms with van der Waals surface area (Å²) in [5, 5.41) is 11.7. The number of amides is 2. The first-order valence-corrected chi connectivity index (χ1v) is 21.1. The summed E-state index contributed by atoms with van der Waals surface area (Å²) in [5.74, 6) is 2.02. The summed E-state index contributed by atoms with van der Waals surface area (Å²) in [6, 6.07) is 21.3. The number of benzene rings is 4. The highest BCUT2D eigenvalue weighted by atomic mass is 31.2. The van der Waals surface area contributed by atoms with Crippen LogP contribution in [0.25, 0.3) is 10.8 Å². The van der Waals surface area contributed by atoms with Crippen LogP contribution in [0, 0.1) is 0 Å². The Labute approximate surface area is 292 Å². The molecule has 0 saturated carbocycles. The number of carbonyl (C=O) groups is 1. The van der Waals surface area contributed by atoms with Gasteiger partial charge in [0.15, 0.2) is 5.75 Å². The van der Waals surface area contributed by atoms with E-state index in [4.69, 9.17) is 14.2 Å². The standard InChI is InChI=1S/C37H43N5O6P2/c1-37(2,3)23-18-30(34(47-5)32(19-23)50(8,9)45)41-36(43)40-29-14-15-31(28-13-11-10-12-27(28)29)48-33-16-17-38-35(42-33)39-24-20-25(46-4)22-26(21-24)49(6,7)44/h10-22H,1-9H3,(H,38,39,42)(H2,40,41,43). The molecule has 0 aliphatic heterocycles. The first-order valence-electron chi connectivity index (χ1n) is 15.9. The molecule has 262 valence electrons. The van der Waals surface area contributed by atoms with Crippen molar-refractivity contribution in [2.24, 2.45) is 0 Å². The van der Waals surface area contributed by atoms with E-state index in [1.54, 1.807) is 76.4 Å². The molecule has 0 saturated heterocycles. The van der Waals surface area contributed by atoms with Crippen molar-refractivity contribution < 1.29 is 28.1 Å². The fourth-order valence-electron chi connectivity index (χ4n) is 5.28. The van der Waals surface area contributed by atoms with E-state index in [2.05, 4.69) is 46.7 Å². The van der Waals surface area contributed by atoms with Crippen LogP contribution in [0.4, 0.5) is 27.8 Å². The molecule has 1 aromatic heterocycles. The minimum Gasteiger partial charge on any atom is -0.497 e. The molecule has 0 bridgehead atoms. The van der Waals surface area contributed by atoms with E-state index in [-0.39, 0.29) is 17.2 Å². The number of aromatic nitrogens is 2. The third-order valence-electron chi connectivity index (χ3n) is 7.95. The summed E-state index contributed by atoms with van der Waals surface area (Å²) >= 11 is 0. The Balaban J connectivity index is 1.40. The highest BCUT2D eigenvalue weighted by Crippen LogP contribution is 2.44.